The minimum absolute atomic E-state index is 0.395. The Kier molecular flexibility index (Phi) is 4.45. The second kappa shape index (κ2) is 5.68. The smallest absolute Gasteiger partial charge is 0.0566 e. The van der Waals surface area contributed by atoms with Gasteiger partial charge in [0.1, 0.15) is 0 Å². The van der Waals surface area contributed by atoms with Crippen molar-refractivity contribution in [2.45, 2.75) is 90.1 Å². The van der Waals surface area contributed by atoms with E-state index in [0.29, 0.717) is 30.3 Å². The van der Waals surface area contributed by atoms with Gasteiger partial charge in [0.2, 0.25) is 0 Å². The van der Waals surface area contributed by atoms with Crippen LogP contribution in [-0.4, -0.2) is 35.3 Å². The van der Waals surface area contributed by atoms with E-state index < -0.39 is 0 Å². The summed E-state index contributed by atoms with van der Waals surface area (Å²) in [6.07, 6.45) is 7.09. The Labute approximate surface area is 106 Å². The summed E-state index contributed by atoms with van der Waals surface area (Å²) in [5.41, 5.74) is 3.77. The lowest BCUT2D eigenvalue weighted by atomic mass is 9.98. The molecule has 0 amide bonds. The fraction of sp³-hybridized carbons (Fsp3) is 1.00. The van der Waals surface area contributed by atoms with Crippen molar-refractivity contribution < 1.29 is 4.74 Å². The first kappa shape index (κ1) is 13.3. The fourth-order valence-corrected chi connectivity index (χ4v) is 3.40. The molecule has 0 saturated carbocycles. The molecule has 0 aromatic rings. The van der Waals surface area contributed by atoms with Crippen LogP contribution in [0.3, 0.4) is 0 Å². The van der Waals surface area contributed by atoms with Crippen LogP contribution in [0.1, 0.15) is 59.8 Å². The molecule has 4 atom stereocenters. The second-order valence-corrected chi connectivity index (χ2v) is 6.09. The molecule has 3 nitrogen and oxygen atoms in total. The number of piperidine rings is 1. The molecule has 100 valence electrons. The number of nitrogens with zero attached hydrogens (tertiary/aromatic N) is 1. The summed E-state index contributed by atoms with van der Waals surface area (Å²) in [6, 6.07) is 1.94. The van der Waals surface area contributed by atoms with Crippen molar-refractivity contribution in [1.29, 1.82) is 0 Å². The Hall–Kier alpha value is -0.120. The Morgan fingerprint density at radius 2 is 1.47 bits per heavy atom. The van der Waals surface area contributed by atoms with E-state index in [9.17, 15) is 0 Å². The highest BCUT2D eigenvalue weighted by atomic mass is 16.5. The van der Waals surface area contributed by atoms with Crippen molar-refractivity contribution in [3.8, 4) is 0 Å². The molecule has 17 heavy (non-hydrogen) atoms. The van der Waals surface area contributed by atoms with Gasteiger partial charge < -0.3 is 4.74 Å². The van der Waals surface area contributed by atoms with E-state index in [4.69, 9.17) is 4.74 Å². The van der Waals surface area contributed by atoms with E-state index in [0.717, 1.165) is 12.8 Å². The van der Waals surface area contributed by atoms with E-state index in [1.165, 1.54) is 19.3 Å². The topological polar surface area (TPSA) is 24.5 Å². The first-order chi connectivity index (χ1) is 8.06. The van der Waals surface area contributed by atoms with Crippen molar-refractivity contribution in [3.63, 3.8) is 0 Å². The highest BCUT2D eigenvalue weighted by molar-refractivity contribution is 4.82. The molecule has 2 fully saturated rings. The third kappa shape index (κ3) is 3.43. The summed E-state index contributed by atoms with van der Waals surface area (Å²) >= 11 is 0. The number of hydrazine groups is 1. The quantitative estimate of drug-likeness (QED) is 0.803. The van der Waals surface area contributed by atoms with Crippen molar-refractivity contribution in [2.24, 2.45) is 0 Å². The van der Waals surface area contributed by atoms with Crippen LogP contribution in [0.15, 0.2) is 0 Å². The van der Waals surface area contributed by atoms with E-state index in [2.05, 4.69) is 38.1 Å². The van der Waals surface area contributed by atoms with Crippen LogP contribution in [0.4, 0.5) is 0 Å². The minimum Gasteiger partial charge on any atom is -0.375 e. The molecule has 2 aliphatic heterocycles. The van der Waals surface area contributed by atoms with E-state index in [1.807, 2.05) is 0 Å². The average Bonchev–Trinajstić information content (AvgIpc) is 2.22. The molecule has 1 N–H and O–H groups in total. The second-order valence-electron chi connectivity index (χ2n) is 6.09. The molecule has 0 radical (unpaired) electrons. The van der Waals surface area contributed by atoms with Crippen molar-refractivity contribution in [1.82, 2.24) is 10.4 Å². The van der Waals surface area contributed by atoms with Gasteiger partial charge in [-0.25, -0.2) is 5.01 Å². The molecule has 2 aliphatic rings. The third-order valence-electron chi connectivity index (χ3n) is 4.22. The molecular formula is C14H28N2O. The van der Waals surface area contributed by atoms with Gasteiger partial charge >= 0.3 is 0 Å². The van der Waals surface area contributed by atoms with Gasteiger partial charge in [-0.3, -0.25) is 5.43 Å². The predicted octanol–water partition coefficient (Wildman–Crippen LogP) is 2.71. The summed E-state index contributed by atoms with van der Waals surface area (Å²) in [4.78, 5) is 0. The van der Waals surface area contributed by atoms with Crippen molar-refractivity contribution in [2.75, 3.05) is 0 Å². The van der Waals surface area contributed by atoms with Crippen LogP contribution in [0.5, 0.6) is 0 Å². The van der Waals surface area contributed by atoms with Crippen molar-refractivity contribution >= 4 is 0 Å². The number of nitrogens with one attached hydrogen (secondary N) is 1. The van der Waals surface area contributed by atoms with Crippen LogP contribution in [0.2, 0.25) is 0 Å². The summed E-state index contributed by atoms with van der Waals surface area (Å²) in [5, 5.41) is 2.50. The van der Waals surface area contributed by atoms with Gasteiger partial charge in [0.15, 0.2) is 0 Å². The predicted molar refractivity (Wildman–Crippen MR) is 70.8 cm³/mol. The Bertz CT molecular complexity index is 226. The zero-order valence-electron chi connectivity index (χ0n) is 11.8. The lowest BCUT2D eigenvalue weighted by molar-refractivity contribution is -0.0670. The zero-order valence-corrected chi connectivity index (χ0v) is 11.8. The molecule has 0 bridgehead atoms. The highest BCUT2D eigenvalue weighted by Gasteiger charge is 2.30. The van der Waals surface area contributed by atoms with E-state index >= 15 is 0 Å². The Morgan fingerprint density at radius 3 is 2.00 bits per heavy atom. The lowest BCUT2D eigenvalue weighted by Gasteiger charge is -2.43. The highest BCUT2D eigenvalue weighted by Crippen LogP contribution is 2.24. The van der Waals surface area contributed by atoms with E-state index in [-0.39, 0.29) is 0 Å². The summed E-state index contributed by atoms with van der Waals surface area (Å²) < 4.78 is 5.80. The number of ether oxygens (including phenoxy) is 1. The first-order valence-electron chi connectivity index (χ1n) is 7.26. The fourth-order valence-electron chi connectivity index (χ4n) is 3.40. The monoisotopic (exact) mass is 240 g/mol. The Morgan fingerprint density at radius 1 is 0.941 bits per heavy atom. The van der Waals surface area contributed by atoms with Gasteiger partial charge in [-0.2, -0.15) is 0 Å². The third-order valence-corrected chi connectivity index (χ3v) is 4.22. The molecule has 0 spiro atoms. The first-order valence-corrected chi connectivity index (χ1v) is 7.26. The van der Waals surface area contributed by atoms with Crippen LogP contribution < -0.4 is 5.43 Å². The van der Waals surface area contributed by atoms with Crippen LogP contribution in [-0.2, 0) is 4.74 Å². The lowest BCUT2D eigenvalue weighted by Crippen LogP contribution is -2.57. The van der Waals surface area contributed by atoms with E-state index in [1.54, 1.807) is 0 Å². The number of rotatable bonds is 2. The van der Waals surface area contributed by atoms with Crippen LogP contribution >= 0.6 is 0 Å². The largest absolute Gasteiger partial charge is 0.375 e. The maximum Gasteiger partial charge on any atom is 0.0566 e. The van der Waals surface area contributed by atoms with Gasteiger partial charge in [-0.05, 0) is 53.4 Å². The molecule has 2 heterocycles. The molecular weight excluding hydrogens is 212 g/mol. The molecule has 2 saturated heterocycles. The van der Waals surface area contributed by atoms with Gasteiger partial charge in [0.25, 0.3) is 0 Å². The van der Waals surface area contributed by atoms with Crippen molar-refractivity contribution in [3.05, 3.63) is 0 Å². The molecule has 0 aromatic carbocycles. The summed E-state index contributed by atoms with van der Waals surface area (Å²) in [7, 11) is 0. The molecule has 0 aromatic heterocycles. The summed E-state index contributed by atoms with van der Waals surface area (Å²) in [6.45, 7) is 9.06. The zero-order chi connectivity index (χ0) is 12.4. The molecule has 0 aliphatic carbocycles. The van der Waals surface area contributed by atoms with Gasteiger partial charge in [-0.1, -0.05) is 6.42 Å². The van der Waals surface area contributed by atoms with Gasteiger partial charge in [0.05, 0.1) is 12.2 Å². The number of hydrogen-bond acceptors (Lipinski definition) is 3. The molecule has 3 heteroatoms. The Balaban J connectivity index is 1.90. The normalized spacial score (nSPS) is 44.8. The maximum absolute atomic E-state index is 5.80. The van der Waals surface area contributed by atoms with Gasteiger partial charge in [-0.15, -0.1) is 0 Å². The van der Waals surface area contributed by atoms with Gasteiger partial charge in [0, 0.05) is 18.1 Å². The standard InChI is InChI=1S/C14H28N2O/c1-10-6-5-7-11(2)16(10)15-14-8-12(3)17-13(4)9-14/h10-15H,5-9H2,1-4H3. The SMILES string of the molecule is CC1CC(NN2C(C)CCCC2C)CC(C)O1. The summed E-state index contributed by atoms with van der Waals surface area (Å²) in [5.74, 6) is 0. The van der Waals surface area contributed by atoms with Crippen LogP contribution in [0, 0.1) is 0 Å². The number of hydrogen-bond donors (Lipinski definition) is 1. The van der Waals surface area contributed by atoms with Crippen LogP contribution in [0.25, 0.3) is 0 Å². The molecule has 4 unspecified atom stereocenters. The maximum atomic E-state index is 5.80. The molecule has 2 rings (SSSR count). The minimum atomic E-state index is 0.395. The average molecular weight is 240 g/mol.